The largest absolute Gasteiger partial charge is 0.494 e. The number of halogens is 2. The standard InChI is InChI=1S/C24H17ClFN3O3/c1-31-21-8-3-5-14-12-17(23(25)27-22(14)21)19-13-18(20-9-4-10-32-20)28-29(19)24(30)15-6-2-7-16(26)11-15/h2-12,19H,13H2,1H3/t19-/m1/s1. The summed E-state index contributed by atoms with van der Waals surface area (Å²) >= 11 is 6.59. The van der Waals surface area contributed by atoms with Gasteiger partial charge in [0.25, 0.3) is 5.91 Å². The molecule has 0 saturated carbocycles. The molecule has 2 aromatic carbocycles. The average molecular weight is 450 g/mol. The first-order valence-corrected chi connectivity index (χ1v) is 10.3. The highest BCUT2D eigenvalue weighted by Gasteiger charge is 2.36. The highest BCUT2D eigenvalue weighted by Crippen LogP contribution is 2.39. The Balaban J connectivity index is 1.61. The molecule has 2 aromatic heterocycles. The van der Waals surface area contributed by atoms with Crippen molar-refractivity contribution < 1.29 is 18.3 Å². The van der Waals surface area contributed by atoms with Gasteiger partial charge in [0.2, 0.25) is 0 Å². The first kappa shape index (κ1) is 20.2. The molecule has 0 unspecified atom stereocenters. The summed E-state index contributed by atoms with van der Waals surface area (Å²) < 4.78 is 24.7. The van der Waals surface area contributed by atoms with E-state index in [0.717, 1.165) is 5.39 Å². The molecule has 4 aromatic rings. The molecule has 1 aliphatic heterocycles. The maximum absolute atomic E-state index is 13.8. The summed E-state index contributed by atoms with van der Waals surface area (Å²) in [7, 11) is 1.57. The van der Waals surface area contributed by atoms with Gasteiger partial charge in [0.05, 0.1) is 19.4 Å². The number of hydrogen-bond acceptors (Lipinski definition) is 5. The quantitative estimate of drug-likeness (QED) is 0.379. The number of carbonyl (C=O) groups is 1. The second-order valence-electron chi connectivity index (χ2n) is 7.30. The molecule has 1 aliphatic rings. The van der Waals surface area contributed by atoms with Crippen molar-refractivity contribution in [2.75, 3.05) is 7.11 Å². The van der Waals surface area contributed by atoms with Gasteiger partial charge in [0.15, 0.2) is 0 Å². The monoisotopic (exact) mass is 449 g/mol. The minimum Gasteiger partial charge on any atom is -0.494 e. The molecule has 0 aliphatic carbocycles. The zero-order valence-electron chi connectivity index (χ0n) is 17.0. The number of methoxy groups -OCH3 is 1. The van der Waals surface area contributed by atoms with Gasteiger partial charge in [-0.3, -0.25) is 4.79 Å². The van der Waals surface area contributed by atoms with Gasteiger partial charge in [-0.2, -0.15) is 5.10 Å². The van der Waals surface area contributed by atoms with Gasteiger partial charge in [-0.1, -0.05) is 29.8 Å². The van der Waals surface area contributed by atoms with E-state index < -0.39 is 17.8 Å². The number of para-hydroxylation sites is 1. The summed E-state index contributed by atoms with van der Waals surface area (Å²) in [5.74, 6) is 0.205. The van der Waals surface area contributed by atoms with Crippen molar-refractivity contribution in [1.82, 2.24) is 9.99 Å². The van der Waals surface area contributed by atoms with E-state index in [-0.39, 0.29) is 10.7 Å². The molecule has 6 nitrogen and oxygen atoms in total. The van der Waals surface area contributed by atoms with Crippen molar-refractivity contribution in [3.8, 4) is 5.75 Å². The Labute approximate surface area is 187 Å². The topological polar surface area (TPSA) is 67.9 Å². The highest BCUT2D eigenvalue weighted by molar-refractivity contribution is 6.30. The second-order valence-corrected chi connectivity index (χ2v) is 7.66. The average Bonchev–Trinajstić information content (AvgIpc) is 3.48. The number of rotatable bonds is 4. The van der Waals surface area contributed by atoms with Crippen LogP contribution in [0.2, 0.25) is 5.15 Å². The first-order chi connectivity index (χ1) is 15.5. The SMILES string of the molecule is COc1cccc2cc([C@H]3CC(c4ccco4)=NN3C(=O)c3cccc(F)c3)c(Cl)nc12. The van der Waals surface area contributed by atoms with Crippen LogP contribution in [0.4, 0.5) is 4.39 Å². The highest BCUT2D eigenvalue weighted by atomic mass is 35.5. The Morgan fingerprint density at radius 3 is 2.78 bits per heavy atom. The molecule has 32 heavy (non-hydrogen) atoms. The van der Waals surface area contributed by atoms with Gasteiger partial charge in [-0.05, 0) is 42.5 Å². The van der Waals surface area contributed by atoms with Gasteiger partial charge < -0.3 is 9.15 Å². The zero-order valence-corrected chi connectivity index (χ0v) is 17.7. The van der Waals surface area contributed by atoms with E-state index in [1.54, 1.807) is 37.6 Å². The predicted octanol–water partition coefficient (Wildman–Crippen LogP) is 5.62. The molecule has 1 atom stereocenters. The van der Waals surface area contributed by atoms with E-state index in [4.69, 9.17) is 20.8 Å². The lowest BCUT2D eigenvalue weighted by Crippen LogP contribution is -2.27. The summed E-state index contributed by atoms with van der Waals surface area (Å²) in [6.07, 6.45) is 1.91. The van der Waals surface area contributed by atoms with E-state index in [9.17, 15) is 9.18 Å². The number of fused-ring (bicyclic) bond motifs is 1. The van der Waals surface area contributed by atoms with Crippen molar-refractivity contribution in [3.05, 3.63) is 94.8 Å². The molecule has 160 valence electrons. The molecule has 5 rings (SSSR count). The predicted molar refractivity (Wildman–Crippen MR) is 118 cm³/mol. The number of pyridine rings is 1. The van der Waals surface area contributed by atoms with E-state index in [1.807, 2.05) is 18.2 Å². The van der Waals surface area contributed by atoms with Gasteiger partial charge >= 0.3 is 0 Å². The third-order valence-electron chi connectivity index (χ3n) is 5.36. The van der Waals surface area contributed by atoms with Crippen LogP contribution in [0.3, 0.4) is 0 Å². The minimum atomic E-state index is -0.540. The smallest absolute Gasteiger partial charge is 0.274 e. The third-order valence-corrected chi connectivity index (χ3v) is 5.67. The number of ether oxygens (including phenoxy) is 1. The van der Waals surface area contributed by atoms with Crippen molar-refractivity contribution >= 4 is 34.1 Å². The molecule has 0 saturated heterocycles. The Kier molecular flexibility index (Phi) is 5.11. The lowest BCUT2D eigenvalue weighted by atomic mass is 10.00. The Hall–Kier alpha value is -3.71. The number of carbonyl (C=O) groups excluding carboxylic acids is 1. The Morgan fingerprint density at radius 2 is 2.03 bits per heavy atom. The van der Waals surface area contributed by atoms with Crippen LogP contribution in [0.1, 0.15) is 34.1 Å². The van der Waals surface area contributed by atoms with Crippen LogP contribution in [0, 0.1) is 5.82 Å². The normalized spacial score (nSPS) is 15.8. The van der Waals surface area contributed by atoms with Crippen LogP contribution in [0.5, 0.6) is 5.75 Å². The fourth-order valence-electron chi connectivity index (χ4n) is 3.85. The van der Waals surface area contributed by atoms with Gasteiger partial charge in [-0.25, -0.2) is 14.4 Å². The number of amides is 1. The molecule has 0 bridgehead atoms. The maximum atomic E-state index is 13.8. The first-order valence-electron chi connectivity index (χ1n) is 9.89. The molecule has 0 fully saturated rings. The van der Waals surface area contributed by atoms with Crippen LogP contribution in [0.25, 0.3) is 10.9 Å². The summed E-state index contributed by atoms with van der Waals surface area (Å²) in [6.45, 7) is 0. The lowest BCUT2D eigenvalue weighted by Gasteiger charge is -2.23. The molecular weight excluding hydrogens is 433 g/mol. The fourth-order valence-corrected chi connectivity index (χ4v) is 4.11. The second kappa shape index (κ2) is 8.09. The number of furan rings is 1. The zero-order chi connectivity index (χ0) is 22.2. The summed E-state index contributed by atoms with van der Waals surface area (Å²) in [4.78, 5) is 17.8. The van der Waals surface area contributed by atoms with E-state index >= 15 is 0 Å². The summed E-state index contributed by atoms with van der Waals surface area (Å²) in [5, 5.41) is 6.89. The van der Waals surface area contributed by atoms with E-state index in [2.05, 4.69) is 10.1 Å². The third kappa shape index (κ3) is 3.50. The van der Waals surface area contributed by atoms with Crippen LogP contribution in [-0.4, -0.2) is 28.7 Å². The van der Waals surface area contributed by atoms with E-state index in [1.165, 1.54) is 23.2 Å². The molecule has 3 heterocycles. The molecule has 0 spiro atoms. The number of aromatic nitrogens is 1. The molecule has 0 radical (unpaired) electrons. The van der Waals surface area contributed by atoms with Crippen LogP contribution in [0.15, 0.2) is 76.4 Å². The number of hydrogen-bond donors (Lipinski definition) is 0. The van der Waals surface area contributed by atoms with Crippen molar-refractivity contribution in [2.45, 2.75) is 12.5 Å². The maximum Gasteiger partial charge on any atom is 0.274 e. The summed E-state index contributed by atoms with van der Waals surface area (Å²) in [6, 6.07) is 15.9. The summed E-state index contributed by atoms with van der Waals surface area (Å²) in [5.41, 5.74) is 2.02. The number of nitrogens with zero attached hydrogens (tertiary/aromatic N) is 3. The Bertz CT molecular complexity index is 1350. The van der Waals surface area contributed by atoms with Gasteiger partial charge in [-0.15, -0.1) is 0 Å². The number of benzene rings is 2. The number of hydrazone groups is 1. The Morgan fingerprint density at radius 1 is 1.19 bits per heavy atom. The minimum absolute atomic E-state index is 0.186. The van der Waals surface area contributed by atoms with Gasteiger partial charge in [0.1, 0.15) is 33.7 Å². The lowest BCUT2D eigenvalue weighted by molar-refractivity contribution is 0.0710. The van der Waals surface area contributed by atoms with Crippen molar-refractivity contribution in [1.29, 1.82) is 0 Å². The molecule has 8 heteroatoms. The van der Waals surface area contributed by atoms with Crippen molar-refractivity contribution in [3.63, 3.8) is 0 Å². The van der Waals surface area contributed by atoms with E-state index in [0.29, 0.717) is 34.7 Å². The van der Waals surface area contributed by atoms with Crippen LogP contribution in [-0.2, 0) is 0 Å². The van der Waals surface area contributed by atoms with Crippen molar-refractivity contribution in [2.24, 2.45) is 5.10 Å². The van der Waals surface area contributed by atoms with Gasteiger partial charge in [0, 0.05) is 22.9 Å². The molecule has 1 amide bonds. The molecule has 0 N–H and O–H groups in total. The fraction of sp³-hybridized carbons (Fsp3) is 0.125. The molecular formula is C24H17ClFN3O3. The van der Waals surface area contributed by atoms with Crippen LogP contribution >= 0.6 is 11.6 Å². The van der Waals surface area contributed by atoms with Crippen LogP contribution < -0.4 is 4.74 Å².